The molecule has 5 nitrogen and oxygen atoms in total. The van der Waals surface area contributed by atoms with E-state index in [0.717, 1.165) is 0 Å². The van der Waals surface area contributed by atoms with Crippen molar-refractivity contribution >= 4 is 40.7 Å². The lowest BCUT2D eigenvalue weighted by Crippen LogP contribution is -2.22. The number of amides is 2. The van der Waals surface area contributed by atoms with Crippen LogP contribution in [-0.4, -0.2) is 37.4 Å². The summed E-state index contributed by atoms with van der Waals surface area (Å²) in [6, 6.07) is 11.3. The van der Waals surface area contributed by atoms with Crippen molar-refractivity contribution in [2.45, 2.75) is 0 Å². The monoisotopic (exact) mass is 366 g/mol. The Kier molecular flexibility index (Phi) is 6.06. The maximum atomic E-state index is 11.9. The van der Waals surface area contributed by atoms with Gasteiger partial charge in [0.25, 0.3) is 11.8 Å². The Morgan fingerprint density at radius 1 is 1.04 bits per heavy atom. The van der Waals surface area contributed by atoms with Crippen LogP contribution in [-0.2, 0) is 4.79 Å². The molecule has 2 amide bonds. The molecule has 0 radical (unpaired) electrons. The number of anilines is 1. The maximum absolute atomic E-state index is 11.9. The number of carbonyl (C=O) groups is 2. The van der Waals surface area contributed by atoms with Crippen molar-refractivity contribution in [3.63, 3.8) is 0 Å². The quantitative estimate of drug-likeness (QED) is 0.877. The van der Waals surface area contributed by atoms with Gasteiger partial charge in [0.05, 0.1) is 0 Å². The van der Waals surface area contributed by atoms with Gasteiger partial charge in [-0.2, -0.15) is 0 Å². The van der Waals surface area contributed by atoms with Gasteiger partial charge in [0.1, 0.15) is 5.75 Å². The molecule has 0 saturated heterocycles. The Morgan fingerprint density at radius 3 is 2.17 bits per heavy atom. The van der Waals surface area contributed by atoms with E-state index < -0.39 is 0 Å². The molecule has 0 fully saturated rings. The lowest BCUT2D eigenvalue weighted by molar-refractivity contribution is -0.118. The molecule has 0 unspecified atom stereocenters. The predicted octanol–water partition coefficient (Wildman–Crippen LogP) is 3.71. The summed E-state index contributed by atoms with van der Waals surface area (Å²) in [6.07, 6.45) is 0. The fraction of sp³-hybridized carbons (Fsp3) is 0.176. The van der Waals surface area contributed by atoms with Gasteiger partial charge >= 0.3 is 0 Å². The van der Waals surface area contributed by atoms with Crippen molar-refractivity contribution in [3.8, 4) is 5.75 Å². The van der Waals surface area contributed by atoms with Crippen molar-refractivity contribution in [3.05, 3.63) is 58.1 Å². The standard InChI is InChI=1S/C17H16Cl2N2O3/c1-21(2)17(23)11-3-5-14(6-4-11)20-16(22)10-24-15-8-12(18)7-13(19)9-15/h3-9H,10H2,1-2H3,(H,20,22). The fourth-order valence-corrected chi connectivity index (χ4v) is 2.42. The first-order chi connectivity index (χ1) is 11.3. The summed E-state index contributed by atoms with van der Waals surface area (Å²) < 4.78 is 5.35. The van der Waals surface area contributed by atoms with Gasteiger partial charge in [0.15, 0.2) is 6.61 Å². The van der Waals surface area contributed by atoms with Crippen LogP contribution in [0, 0.1) is 0 Å². The zero-order valence-corrected chi connectivity index (χ0v) is 14.7. The Hall–Kier alpha value is -2.24. The lowest BCUT2D eigenvalue weighted by Gasteiger charge is -2.11. The molecule has 0 saturated carbocycles. The fourth-order valence-electron chi connectivity index (χ4n) is 1.91. The van der Waals surface area contributed by atoms with Crippen LogP contribution in [0.25, 0.3) is 0 Å². The Balaban J connectivity index is 1.91. The second kappa shape index (κ2) is 8.04. The van der Waals surface area contributed by atoms with E-state index in [4.69, 9.17) is 27.9 Å². The number of halogens is 2. The molecule has 0 aliphatic carbocycles. The average molecular weight is 367 g/mol. The summed E-state index contributed by atoms with van der Waals surface area (Å²) in [5, 5.41) is 3.54. The van der Waals surface area contributed by atoms with Gasteiger partial charge in [0.2, 0.25) is 0 Å². The number of nitrogens with one attached hydrogen (secondary N) is 1. The molecule has 0 atom stereocenters. The summed E-state index contributed by atoms with van der Waals surface area (Å²) in [5.74, 6) is -0.0265. The van der Waals surface area contributed by atoms with E-state index >= 15 is 0 Å². The number of ether oxygens (including phenoxy) is 1. The third-order valence-corrected chi connectivity index (χ3v) is 3.46. The first-order valence-electron chi connectivity index (χ1n) is 7.05. The molecule has 0 aliphatic rings. The van der Waals surface area contributed by atoms with Crippen molar-refractivity contribution in [1.82, 2.24) is 4.90 Å². The van der Waals surface area contributed by atoms with Crippen LogP contribution >= 0.6 is 23.2 Å². The third kappa shape index (κ3) is 5.15. The van der Waals surface area contributed by atoms with Gasteiger partial charge < -0.3 is 15.0 Å². The largest absolute Gasteiger partial charge is 0.484 e. The van der Waals surface area contributed by atoms with Crippen molar-refractivity contribution in [1.29, 1.82) is 0 Å². The normalized spacial score (nSPS) is 10.2. The SMILES string of the molecule is CN(C)C(=O)c1ccc(NC(=O)COc2cc(Cl)cc(Cl)c2)cc1. The first kappa shape index (κ1) is 18.1. The van der Waals surface area contributed by atoms with E-state index in [9.17, 15) is 9.59 Å². The Labute approximate surface area is 150 Å². The summed E-state index contributed by atoms with van der Waals surface area (Å²) in [6.45, 7) is -0.185. The molecule has 0 heterocycles. The van der Waals surface area contributed by atoms with E-state index in [-0.39, 0.29) is 18.4 Å². The third-order valence-electron chi connectivity index (χ3n) is 3.03. The molecule has 1 N–H and O–H groups in total. The van der Waals surface area contributed by atoms with Gasteiger partial charge in [0, 0.05) is 35.4 Å². The van der Waals surface area contributed by atoms with E-state index in [2.05, 4.69) is 5.32 Å². The molecule has 2 aromatic rings. The zero-order valence-electron chi connectivity index (χ0n) is 13.2. The molecule has 2 rings (SSSR count). The summed E-state index contributed by atoms with van der Waals surface area (Å²) in [4.78, 5) is 25.2. The molecule has 7 heteroatoms. The van der Waals surface area contributed by atoms with Crippen LogP contribution in [0.1, 0.15) is 10.4 Å². The molecule has 126 valence electrons. The number of hydrogen-bond acceptors (Lipinski definition) is 3. The van der Waals surface area contributed by atoms with Gasteiger partial charge in [-0.15, -0.1) is 0 Å². The molecular weight excluding hydrogens is 351 g/mol. The number of hydrogen-bond donors (Lipinski definition) is 1. The smallest absolute Gasteiger partial charge is 0.262 e. The minimum atomic E-state index is -0.335. The number of nitrogens with zero attached hydrogens (tertiary/aromatic N) is 1. The maximum Gasteiger partial charge on any atom is 0.262 e. The highest BCUT2D eigenvalue weighted by Crippen LogP contribution is 2.24. The summed E-state index contributed by atoms with van der Waals surface area (Å²) in [5.41, 5.74) is 1.12. The predicted molar refractivity (Wildman–Crippen MR) is 95.0 cm³/mol. The van der Waals surface area contributed by atoms with Crippen LogP contribution in [0.5, 0.6) is 5.75 Å². The number of carbonyl (C=O) groups excluding carboxylic acids is 2. The van der Waals surface area contributed by atoms with E-state index in [1.807, 2.05) is 0 Å². The second-order valence-corrected chi connectivity index (χ2v) is 6.09. The Morgan fingerprint density at radius 2 is 1.62 bits per heavy atom. The highest BCUT2D eigenvalue weighted by molar-refractivity contribution is 6.34. The van der Waals surface area contributed by atoms with E-state index in [1.54, 1.807) is 56.6 Å². The van der Waals surface area contributed by atoms with Crippen molar-refractivity contribution in [2.75, 3.05) is 26.0 Å². The molecule has 0 aromatic heterocycles. The Bertz CT molecular complexity index is 726. The second-order valence-electron chi connectivity index (χ2n) is 5.22. The summed E-state index contributed by atoms with van der Waals surface area (Å²) in [7, 11) is 3.36. The highest BCUT2D eigenvalue weighted by atomic mass is 35.5. The van der Waals surface area contributed by atoms with Crippen LogP contribution < -0.4 is 10.1 Å². The molecule has 24 heavy (non-hydrogen) atoms. The molecular formula is C17H16Cl2N2O3. The summed E-state index contributed by atoms with van der Waals surface area (Å²) >= 11 is 11.7. The van der Waals surface area contributed by atoms with Crippen LogP contribution in [0.4, 0.5) is 5.69 Å². The zero-order chi connectivity index (χ0) is 17.7. The van der Waals surface area contributed by atoms with Gasteiger partial charge in [-0.05, 0) is 42.5 Å². The average Bonchev–Trinajstić information content (AvgIpc) is 2.52. The first-order valence-corrected chi connectivity index (χ1v) is 7.81. The minimum Gasteiger partial charge on any atom is -0.484 e. The van der Waals surface area contributed by atoms with Crippen LogP contribution in [0.15, 0.2) is 42.5 Å². The van der Waals surface area contributed by atoms with Crippen LogP contribution in [0.3, 0.4) is 0 Å². The lowest BCUT2D eigenvalue weighted by atomic mass is 10.2. The molecule has 0 spiro atoms. The van der Waals surface area contributed by atoms with E-state index in [0.29, 0.717) is 27.0 Å². The van der Waals surface area contributed by atoms with Gasteiger partial charge in [-0.1, -0.05) is 23.2 Å². The van der Waals surface area contributed by atoms with E-state index in [1.165, 1.54) is 4.90 Å². The molecule has 0 aliphatic heterocycles. The van der Waals surface area contributed by atoms with Gasteiger partial charge in [-0.25, -0.2) is 0 Å². The number of rotatable bonds is 5. The minimum absolute atomic E-state index is 0.103. The van der Waals surface area contributed by atoms with Crippen LogP contribution in [0.2, 0.25) is 10.0 Å². The topological polar surface area (TPSA) is 58.6 Å². The number of benzene rings is 2. The van der Waals surface area contributed by atoms with Crippen molar-refractivity contribution in [2.24, 2.45) is 0 Å². The highest BCUT2D eigenvalue weighted by Gasteiger charge is 2.09. The molecule has 0 bridgehead atoms. The van der Waals surface area contributed by atoms with Gasteiger partial charge in [-0.3, -0.25) is 9.59 Å². The molecule has 2 aromatic carbocycles. The van der Waals surface area contributed by atoms with Crippen molar-refractivity contribution < 1.29 is 14.3 Å².